The van der Waals surface area contributed by atoms with E-state index in [4.69, 9.17) is 0 Å². The molecule has 4 rings (SSSR count). The van der Waals surface area contributed by atoms with Crippen LogP contribution in [0.2, 0.25) is 0 Å². The number of anilines is 2. The minimum Gasteiger partial charge on any atom is -0.281 e. The Morgan fingerprint density at radius 1 is 0.815 bits per heavy atom. The number of nitrogens with zero attached hydrogens (tertiary/aromatic N) is 1. The molecule has 27 heavy (non-hydrogen) atoms. The van der Waals surface area contributed by atoms with Gasteiger partial charge in [-0.3, -0.25) is 3.11 Å². The number of para-hydroxylation sites is 1. The minimum absolute atomic E-state index is 0.101. The van der Waals surface area contributed by atoms with Crippen LogP contribution in [-0.2, 0) is 11.8 Å². The normalized spacial score (nSPS) is 12.0. The van der Waals surface area contributed by atoms with E-state index in [1.54, 1.807) is 0 Å². The molecule has 0 atom stereocenters. The predicted octanol–water partition coefficient (Wildman–Crippen LogP) is 8.40. The highest BCUT2D eigenvalue weighted by atomic mass is 127. The van der Waals surface area contributed by atoms with Gasteiger partial charge >= 0.3 is 0 Å². The average molecular weight is 485 g/mol. The summed E-state index contributed by atoms with van der Waals surface area (Å²) in [6, 6.07) is 22.2. The van der Waals surface area contributed by atoms with E-state index in [-0.39, 0.29) is 5.41 Å². The van der Waals surface area contributed by atoms with Crippen LogP contribution in [-0.4, -0.2) is 0 Å². The van der Waals surface area contributed by atoms with Crippen LogP contribution in [0, 0.1) is 0 Å². The van der Waals surface area contributed by atoms with Gasteiger partial charge in [-0.15, -0.1) is 11.3 Å². The first-order valence-electron chi connectivity index (χ1n) is 9.40. The van der Waals surface area contributed by atoms with E-state index in [2.05, 4.69) is 114 Å². The quantitative estimate of drug-likeness (QED) is 0.208. The van der Waals surface area contributed by atoms with Crippen molar-refractivity contribution in [3.63, 3.8) is 0 Å². The number of hydrogen-bond acceptors (Lipinski definition) is 2. The van der Waals surface area contributed by atoms with Crippen molar-refractivity contribution in [3.8, 4) is 0 Å². The van der Waals surface area contributed by atoms with Crippen LogP contribution in [0.15, 0.2) is 60.7 Å². The number of benzene rings is 3. The first-order valence-corrected chi connectivity index (χ1v) is 11.2. The Hall–Kier alpha value is -1.59. The second-order valence-corrected chi connectivity index (χ2v) is 9.94. The van der Waals surface area contributed by atoms with Gasteiger partial charge < -0.3 is 0 Å². The van der Waals surface area contributed by atoms with E-state index in [1.165, 1.54) is 42.7 Å². The van der Waals surface area contributed by atoms with E-state index in [1.807, 2.05) is 11.3 Å². The molecular weight excluding hydrogens is 461 g/mol. The number of fused-ring (bicyclic) bond motifs is 3. The summed E-state index contributed by atoms with van der Waals surface area (Å²) < 4.78 is 5.13. The zero-order valence-corrected chi connectivity index (χ0v) is 19.2. The number of rotatable bonds is 3. The fraction of sp³-hybridized carbons (Fsp3) is 0.250. The molecule has 0 amide bonds. The molecule has 138 valence electrons. The molecule has 3 heteroatoms. The largest absolute Gasteiger partial charge is 0.281 e. The molecule has 1 aromatic heterocycles. The van der Waals surface area contributed by atoms with Crippen molar-refractivity contribution in [2.75, 3.05) is 3.11 Å². The monoisotopic (exact) mass is 485 g/mol. The Labute approximate surface area is 179 Å². The summed E-state index contributed by atoms with van der Waals surface area (Å²) in [5, 5.41) is 2.74. The van der Waals surface area contributed by atoms with Gasteiger partial charge in [0.05, 0.1) is 38.9 Å². The summed E-state index contributed by atoms with van der Waals surface area (Å²) in [4.78, 5) is 0. The predicted molar refractivity (Wildman–Crippen MR) is 130 cm³/mol. The molecule has 4 aromatic rings. The lowest BCUT2D eigenvalue weighted by Crippen LogP contribution is -2.15. The van der Waals surface area contributed by atoms with E-state index in [0.29, 0.717) is 0 Å². The van der Waals surface area contributed by atoms with Gasteiger partial charge in [0.15, 0.2) is 0 Å². The van der Waals surface area contributed by atoms with Gasteiger partial charge in [0.2, 0.25) is 0 Å². The fourth-order valence-electron chi connectivity index (χ4n) is 3.71. The van der Waals surface area contributed by atoms with Crippen LogP contribution in [0.3, 0.4) is 0 Å². The highest BCUT2D eigenvalue weighted by Crippen LogP contribution is 2.45. The molecule has 1 nitrogen and oxygen atoms in total. The molecule has 0 saturated heterocycles. The Morgan fingerprint density at radius 3 is 2.15 bits per heavy atom. The Kier molecular flexibility index (Phi) is 4.93. The van der Waals surface area contributed by atoms with Crippen molar-refractivity contribution >= 4 is 65.7 Å². The van der Waals surface area contributed by atoms with E-state index in [0.717, 1.165) is 6.42 Å². The molecule has 0 spiro atoms. The lowest BCUT2D eigenvalue weighted by molar-refractivity contribution is 0.592. The molecule has 0 aliphatic heterocycles. The molecule has 0 bridgehead atoms. The van der Waals surface area contributed by atoms with Gasteiger partial charge in [-0.1, -0.05) is 76.2 Å². The third-order valence-electron chi connectivity index (χ3n) is 5.10. The summed E-state index contributed by atoms with van der Waals surface area (Å²) in [5.74, 6) is 0. The van der Waals surface area contributed by atoms with Crippen molar-refractivity contribution in [1.82, 2.24) is 0 Å². The van der Waals surface area contributed by atoms with Gasteiger partial charge in [-0.2, -0.15) is 0 Å². The Bertz CT molecular complexity index is 1120. The Balaban J connectivity index is 1.95. The van der Waals surface area contributed by atoms with Crippen molar-refractivity contribution in [2.45, 2.75) is 39.5 Å². The SMILES string of the molecule is CCc1cccc2c1sc1c(N(I)c3ccccc3C(C)(C)C)cccc12. The summed E-state index contributed by atoms with van der Waals surface area (Å²) in [5.41, 5.74) is 5.45. The van der Waals surface area contributed by atoms with Crippen LogP contribution >= 0.6 is 34.2 Å². The number of halogens is 1. The molecule has 3 aromatic carbocycles. The van der Waals surface area contributed by atoms with Crippen molar-refractivity contribution in [3.05, 3.63) is 71.8 Å². The molecule has 0 radical (unpaired) electrons. The van der Waals surface area contributed by atoms with Crippen LogP contribution in [0.1, 0.15) is 38.8 Å². The molecule has 1 heterocycles. The molecule has 0 saturated carbocycles. The molecular formula is C24H24INS. The van der Waals surface area contributed by atoms with Gasteiger partial charge in [0.25, 0.3) is 0 Å². The first kappa shape index (κ1) is 18.8. The third kappa shape index (κ3) is 3.25. The topological polar surface area (TPSA) is 3.24 Å². The number of aryl methyl sites for hydroxylation is 1. The van der Waals surface area contributed by atoms with E-state index >= 15 is 0 Å². The second-order valence-electron chi connectivity index (χ2n) is 7.95. The van der Waals surface area contributed by atoms with E-state index < -0.39 is 0 Å². The first-order chi connectivity index (χ1) is 12.9. The lowest BCUT2D eigenvalue weighted by atomic mass is 9.86. The summed E-state index contributed by atoms with van der Waals surface area (Å²) >= 11 is 4.40. The Morgan fingerprint density at radius 2 is 1.44 bits per heavy atom. The third-order valence-corrected chi connectivity index (χ3v) is 7.46. The van der Waals surface area contributed by atoms with Crippen molar-refractivity contribution < 1.29 is 0 Å². The molecule has 0 fully saturated rings. The van der Waals surface area contributed by atoms with Crippen LogP contribution < -0.4 is 3.11 Å². The fourth-order valence-corrected chi connectivity index (χ4v) is 6.08. The maximum atomic E-state index is 2.47. The van der Waals surface area contributed by atoms with Crippen molar-refractivity contribution in [2.24, 2.45) is 0 Å². The lowest BCUT2D eigenvalue weighted by Gasteiger charge is -2.27. The smallest absolute Gasteiger partial charge is 0.0689 e. The molecule has 0 aliphatic carbocycles. The summed E-state index contributed by atoms with van der Waals surface area (Å²) in [7, 11) is 0. The second kappa shape index (κ2) is 7.10. The average Bonchev–Trinajstić information content (AvgIpc) is 3.05. The minimum atomic E-state index is 0.101. The maximum Gasteiger partial charge on any atom is 0.0689 e. The zero-order chi connectivity index (χ0) is 19.2. The standard InChI is InChI=1S/C24H24INS/c1-5-16-10-8-11-17-18-12-9-15-21(23(18)27-22(16)17)26(25)20-14-7-6-13-19(20)24(2,3)4/h6-15H,5H2,1-4H3. The van der Waals surface area contributed by atoms with Crippen LogP contribution in [0.25, 0.3) is 20.2 Å². The van der Waals surface area contributed by atoms with Crippen molar-refractivity contribution in [1.29, 1.82) is 0 Å². The molecule has 0 unspecified atom stereocenters. The summed E-state index contributed by atoms with van der Waals surface area (Å²) in [6.07, 6.45) is 1.07. The van der Waals surface area contributed by atoms with Gasteiger partial charge in [0.1, 0.15) is 0 Å². The number of thiophene rings is 1. The molecule has 0 aliphatic rings. The van der Waals surface area contributed by atoms with Gasteiger partial charge in [-0.25, -0.2) is 0 Å². The highest BCUT2D eigenvalue weighted by molar-refractivity contribution is 14.1. The number of hydrogen-bond donors (Lipinski definition) is 0. The van der Waals surface area contributed by atoms with Gasteiger partial charge in [-0.05, 0) is 35.1 Å². The van der Waals surface area contributed by atoms with Gasteiger partial charge in [0, 0.05) is 15.5 Å². The van der Waals surface area contributed by atoms with Crippen LogP contribution in [0.4, 0.5) is 11.4 Å². The highest BCUT2D eigenvalue weighted by Gasteiger charge is 2.22. The van der Waals surface area contributed by atoms with E-state index in [9.17, 15) is 0 Å². The zero-order valence-electron chi connectivity index (χ0n) is 16.2. The molecule has 0 N–H and O–H groups in total. The summed E-state index contributed by atoms with van der Waals surface area (Å²) in [6.45, 7) is 9.09. The maximum absolute atomic E-state index is 2.47. The van der Waals surface area contributed by atoms with Crippen LogP contribution in [0.5, 0.6) is 0 Å².